The largest absolute Gasteiger partial charge is 0.469 e. The van der Waals surface area contributed by atoms with Crippen LogP contribution in [0.2, 0.25) is 0 Å². The molecule has 7 heteroatoms. The zero-order chi connectivity index (χ0) is 19.6. The predicted molar refractivity (Wildman–Crippen MR) is 115 cm³/mol. The maximum atomic E-state index is 5.54. The molecule has 1 fully saturated rings. The van der Waals surface area contributed by atoms with Crippen LogP contribution in [0, 0.1) is 0 Å². The van der Waals surface area contributed by atoms with Crippen LogP contribution < -0.4 is 10.6 Å². The Hall–Kier alpha value is -1.83. The fourth-order valence-electron chi connectivity index (χ4n) is 3.18. The summed E-state index contributed by atoms with van der Waals surface area (Å²) in [6.45, 7) is 9.39. The van der Waals surface area contributed by atoms with E-state index in [0.29, 0.717) is 12.1 Å². The Balaban J connectivity index is 1.65. The van der Waals surface area contributed by atoms with Crippen molar-refractivity contribution in [3.05, 3.63) is 46.5 Å². The van der Waals surface area contributed by atoms with Crippen molar-refractivity contribution in [1.82, 2.24) is 15.5 Å². The number of thiophene rings is 1. The lowest BCUT2D eigenvalue weighted by atomic mass is 10.2. The molecular formula is C21H32N4O2S. The van der Waals surface area contributed by atoms with Gasteiger partial charge in [-0.15, -0.1) is 11.3 Å². The van der Waals surface area contributed by atoms with Crippen LogP contribution in [0.1, 0.15) is 36.9 Å². The molecule has 3 rings (SSSR count). The summed E-state index contributed by atoms with van der Waals surface area (Å²) in [5, 5.41) is 9.13. The summed E-state index contributed by atoms with van der Waals surface area (Å²) in [5.41, 5.74) is 0. The molecule has 1 saturated heterocycles. The zero-order valence-electron chi connectivity index (χ0n) is 16.9. The molecule has 0 saturated carbocycles. The highest BCUT2D eigenvalue weighted by Crippen LogP contribution is 2.26. The summed E-state index contributed by atoms with van der Waals surface area (Å²) in [4.78, 5) is 8.80. The first-order valence-electron chi connectivity index (χ1n) is 10.2. The van der Waals surface area contributed by atoms with Crippen molar-refractivity contribution in [1.29, 1.82) is 0 Å². The number of rotatable bonds is 9. The average Bonchev–Trinajstić information content (AvgIpc) is 3.43. The van der Waals surface area contributed by atoms with Crippen molar-refractivity contribution >= 4 is 17.3 Å². The van der Waals surface area contributed by atoms with Gasteiger partial charge in [0, 0.05) is 37.0 Å². The first-order valence-corrected chi connectivity index (χ1v) is 11.1. The van der Waals surface area contributed by atoms with Gasteiger partial charge in [0.1, 0.15) is 5.76 Å². The molecule has 2 aromatic rings. The molecule has 0 bridgehead atoms. The lowest BCUT2D eigenvalue weighted by molar-refractivity contribution is 0.0186. The Morgan fingerprint density at radius 3 is 2.82 bits per heavy atom. The molecule has 2 aromatic heterocycles. The fraction of sp³-hybridized carbons (Fsp3) is 0.571. The van der Waals surface area contributed by atoms with E-state index in [0.717, 1.165) is 64.0 Å². The predicted octanol–water partition coefficient (Wildman–Crippen LogP) is 3.29. The van der Waals surface area contributed by atoms with Gasteiger partial charge in [-0.1, -0.05) is 13.0 Å². The van der Waals surface area contributed by atoms with Gasteiger partial charge in [0.2, 0.25) is 0 Å². The van der Waals surface area contributed by atoms with Crippen molar-refractivity contribution in [3.63, 3.8) is 0 Å². The summed E-state index contributed by atoms with van der Waals surface area (Å²) in [6.07, 6.45) is 3.61. The number of aliphatic imine (C=N–C) groups is 1. The first kappa shape index (κ1) is 20.9. The molecule has 28 heavy (non-hydrogen) atoms. The van der Waals surface area contributed by atoms with E-state index in [9.17, 15) is 0 Å². The number of hydrogen-bond donors (Lipinski definition) is 2. The third-order valence-corrected chi connectivity index (χ3v) is 5.99. The van der Waals surface area contributed by atoms with Crippen LogP contribution in [0.3, 0.4) is 0 Å². The van der Waals surface area contributed by atoms with Crippen LogP contribution in [-0.2, 0) is 11.2 Å². The number of furan rings is 1. The highest BCUT2D eigenvalue weighted by Gasteiger charge is 2.23. The Kier molecular flexibility index (Phi) is 8.39. The van der Waals surface area contributed by atoms with Crippen molar-refractivity contribution in [3.8, 4) is 0 Å². The van der Waals surface area contributed by atoms with Crippen LogP contribution in [0.4, 0.5) is 0 Å². The molecule has 0 aromatic carbocycles. The van der Waals surface area contributed by atoms with E-state index in [2.05, 4.69) is 46.9 Å². The molecule has 3 heterocycles. The summed E-state index contributed by atoms with van der Waals surface area (Å²) >= 11 is 1.81. The van der Waals surface area contributed by atoms with E-state index in [-0.39, 0.29) is 0 Å². The monoisotopic (exact) mass is 404 g/mol. The second-order valence-electron chi connectivity index (χ2n) is 7.08. The average molecular weight is 405 g/mol. The molecule has 154 valence electrons. The zero-order valence-corrected chi connectivity index (χ0v) is 17.7. The molecular weight excluding hydrogens is 372 g/mol. The lowest BCUT2D eigenvalue weighted by Crippen LogP contribution is -2.44. The lowest BCUT2D eigenvalue weighted by Gasteiger charge is -2.33. The fourth-order valence-corrected chi connectivity index (χ4v) is 4.03. The van der Waals surface area contributed by atoms with Crippen molar-refractivity contribution in [2.75, 3.05) is 39.4 Å². The van der Waals surface area contributed by atoms with E-state index in [1.54, 1.807) is 17.6 Å². The van der Waals surface area contributed by atoms with Crippen LogP contribution in [0.15, 0.2) is 45.3 Å². The van der Waals surface area contributed by atoms with E-state index in [1.165, 1.54) is 4.88 Å². The van der Waals surface area contributed by atoms with Gasteiger partial charge in [-0.25, -0.2) is 0 Å². The number of nitrogens with zero attached hydrogens (tertiary/aromatic N) is 2. The van der Waals surface area contributed by atoms with Crippen LogP contribution in [-0.4, -0.2) is 56.3 Å². The van der Waals surface area contributed by atoms with Crippen LogP contribution in [0.25, 0.3) is 0 Å². The molecule has 0 spiro atoms. The number of nitrogens with one attached hydrogen (secondary N) is 2. The van der Waals surface area contributed by atoms with Gasteiger partial charge < -0.3 is 19.8 Å². The number of ether oxygens (including phenoxy) is 1. The Morgan fingerprint density at radius 1 is 1.29 bits per heavy atom. The first-order chi connectivity index (χ1) is 13.8. The van der Waals surface area contributed by atoms with Gasteiger partial charge >= 0.3 is 0 Å². The molecule has 2 atom stereocenters. The number of guanidine groups is 1. The molecule has 2 N–H and O–H groups in total. The Bertz CT molecular complexity index is 681. The standard InChI is InChI=1S/C21H32N4O2S/c1-3-17(2)24-21(22-9-8-18-6-4-12-27-18)23-16-19(20-7-5-15-28-20)25-10-13-26-14-11-25/h4-7,12,15,17,19H,3,8-11,13-14,16H2,1-2H3,(H2,22,23,24). The molecule has 0 amide bonds. The smallest absolute Gasteiger partial charge is 0.191 e. The normalized spacial score (nSPS) is 18.0. The molecule has 6 nitrogen and oxygen atoms in total. The second-order valence-corrected chi connectivity index (χ2v) is 8.06. The van der Waals surface area contributed by atoms with Gasteiger partial charge in [0.05, 0.1) is 32.1 Å². The molecule has 2 unspecified atom stereocenters. The minimum Gasteiger partial charge on any atom is -0.469 e. The van der Waals surface area contributed by atoms with E-state index >= 15 is 0 Å². The number of hydrogen-bond acceptors (Lipinski definition) is 5. The molecule has 0 aliphatic carbocycles. The molecule has 0 radical (unpaired) electrons. The summed E-state index contributed by atoms with van der Waals surface area (Å²) in [6, 6.07) is 8.94. The summed E-state index contributed by atoms with van der Waals surface area (Å²) in [5.74, 6) is 1.86. The Labute approximate surface area is 172 Å². The van der Waals surface area contributed by atoms with Crippen molar-refractivity contribution in [2.24, 2.45) is 4.99 Å². The van der Waals surface area contributed by atoms with Crippen LogP contribution >= 0.6 is 11.3 Å². The minimum absolute atomic E-state index is 0.296. The van der Waals surface area contributed by atoms with Gasteiger partial charge in [-0.3, -0.25) is 9.89 Å². The second kappa shape index (κ2) is 11.2. The molecule has 1 aliphatic heterocycles. The topological polar surface area (TPSA) is 62.0 Å². The third-order valence-electron chi connectivity index (χ3n) is 5.02. The van der Waals surface area contributed by atoms with Crippen LogP contribution in [0.5, 0.6) is 0 Å². The molecule has 1 aliphatic rings. The highest BCUT2D eigenvalue weighted by atomic mass is 32.1. The van der Waals surface area contributed by atoms with Gasteiger partial charge in [0.15, 0.2) is 5.96 Å². The third kappa shape index (κ3) is 6.36. The van der Waals surface area contributed by atoms with Gasteiger partial charge in [-0.05, 0) is 36.9 Å². The van der Waals surface area contributed by atoms with E-state index < -0.39 is 0 Å². The number of morpholine rings is 1. The quantitative estimate of drug-likeness (QED) is 0.496. The van der Waals surface area contributed by atoms with Crippen molar-refractivity contribution in [2.45, 2.75) is 38.8 Å². The minimum atomic E-state index is 0.296. The maximum Gasteiger partial charge on any atom is 0.191 e. The van der Waals surface area contributed by atoms with E-state index in [4.69, 9.17) is 14.1 Å². The summed E-state index contributed by atoms with van der Waals surface area (Å²) in [7, 11) is 0. The summed E-state index contributed by atoms with van der Waals surface area (Å²) < 4.78 is 11.0. The Morgan fingerprint density at radius 2 is 2.14 bits per heavy atom. The highest BCUT2D eigenvalue weighted by molar-refractivity contribution is 7.10. The van der Waals surface area contributed by atoms with Gasteiger partial charge in [0.25, 0.3) is 0 Å². The maximum absolute atomic E-state index is 5.54. The van der Waals surface area contributed by atoms with E-state index in [1.807, 2.05) is 12.1 Å². The SMILES string of the molecule is CCC(C)NC(=NCC(c1cccs1)N1CCOCC1)NCCc1ccco1. The van der Waals surface area contributed by atoms with Crippen molar-refractivity contribution < 1.29 is 9.15 Å². The van der Waals surface area contributed by atoms with Gasteiger partial charge in [-0.2, -0.15) is 0 Å².